The van der Waals surface area contributed by atoms with E-state index in [0.29, 0.717) is 6.04 Å². The fourth-order valence-electron chi connectivity index (χ4n) is 3.13. The highest BCUT2D eigenvalue weighted by atomic mass is 15.3. The topological polar surface area (TPSA) is 33.1 Å². The van der Waals surface area contributed by atoms with Crippen LogP contribution >= 0.6 is 0 Å². The van der Waals surface area contributed by atoms with Crippen LogP contribution in [0, 0.1) is 0 Å². The molecular formula is C17H24N4. The van der Waals surface area contributed by atoms with Crippen molar-refractivity contribution in [3.63, 3.8) is 0 Å². The highest BCUT2D eigenvalue weighted by Gasteiger charge is 2.33. The predicted molar refractivity (Wildman–Crippen MR) is 84.9 cm³/mol. The molecular weight excluding hydrogens is 260 g/mol. The van der Waals surface area contributed by atoms with Crippen molar-refractivity contribution in [1.82, 2.24) is 20.0 Å². The second kappa shape index (κ2) is 5.62. The lowest BCUT2D eigenvalue weighted by Crippen LogP contribution is -2.57. The molecule has 1 aromatic heterocycles. The van der Waals surface area contributed by atoms with Crippen molar-refractivity contribution in [2.45, 2.75) is 32.0 Å². The smallest absolute Gasteiger partial charge is 0.0534 e. The SMILES string of the molecule is Cn1cc(CN2CC(C)(C)NCC2c2ccccc2)cn1. The first kappa shape index (κ1) is 14.3. The zero-order chi connectivity index (χ0) is 14.9. The van der Waals surface area contributed by atoms with Crippen LogP contribution in [0.3, 0.4) is 0 Å². The first-order valence-electron chi connectivity index (χ1n) is 7.55. The second-order valence-electron chi connectivity index (χ2n) is 6.62. The molecule has 2 heterocycles. The minimum atomic E-state index is 0.146. The van der Waals surface area contributed by atoms with Gasteiger partial charge in [-0.15, -0.1) is 0 Å². The number of nitrogens with zero attached hydrogens (tertiary/aromatic N) is 3. The Morgan fingerprint density at radius 3 is 2.71 bits per heavy atom. The van der Waals surface area contributed by atoms with Crippen molar-refractivity contribution < 1.29 is 0 Å². The van der Waals surface area contributed by atoms with Crippen LogP contribution in [0.4, 0.5) is 0 Å². The average Bonchev–Trinajstić information content (AvgIpc) is 2.84. The fraction of sp³-hybridized carbons (Fsp3) is 0.471. The molecule has 1 aliphatic heterocycles. The van der Waals surface area contributed by atoms with Crippen molar-refractivity contribution in [1.29, 1.82) is 0 Å². The largest absolute Gasteiger partial charge is 0.309 e. The number of aryl methyl sites for hydroxylation is 1. The first-order valence-corrected chi connectivity index (χ1v) is 7.55. The summed E-state index contributed by atoms with van der Waals surface area (Å²) < 4.78 is 1.88. The molecule has 21 heavy (non-hydrogen) atoms. The molecule has 1 aliphatic rings. The Morgan fingerprint density at radius 2 is 2.05 bits per heavy atom. The molecule has 2 aromatic rings. The monoisotopic (exact) mass is 284 g/mol. The normalized spacial score (nSPS) is 22.3. The van der Waals surface area contributed by atoms with Crippen LogP contribution in [-0.4, -0.2) is 33.3 Å². The van der Waals surface area contributed by atoms with Crippen molar-refractivity contribution >= 4 is 0 Å². The number of rotatable bonds is 3. The predicted octanol–water partition coefficient (Wildman–Crippen LogP) is 2.35. The Balaban J connectivity index is 1.83. The third-order valence-corrected chi connectivity index (χ3v) is 4.14. The van der Waals surface area contributed by atoms with Gasteiger partial charge in [-0.2, -0.15) is 5.10 Å². The van der Waals surface area contributed by atoms with Crippen molar-refractivity contribution in [2.24, 2.45) is 7.05 Å². The van der Waals surface area contributed by atoms with Crippen molar-refractivity contribution in [2.75, 3.05) is 13.1 Å². The molecule has 1 fully saturated rings. The Hall–Kier alpha value is -1.65. The second-order valence-corrected chi connectivity index (χ2v) is 6.62. The summed E-state index contributed by atoms with van der Waals surface area (Å²) in [4.78, 5) is 2.56. The average molecular weight is 284 g/mol. The van der Waals surface area contributed by atoms with Gasteiger partial charge in [-0.05, 0) is 19.4 Å². The molecule has 1 atom stereocenters. The van der Waals surface area contributed by atoms with Gasteiger partial charge in [-0.25, -0.2) is 0 Å². The molecule has 0 bridgehead atoms. The zero-order valence-corrected chi connectivity index (χ0v) is 13.1. The molecule has 1 saturated heterocycles. The Labute approximate surface area is 126 Å². The maximum absolute atomic E-state index is 4.29. The van der Waals surface area contributed by atoms with E-state index >= 15 is 0 Å². The lowest BCUT2D eigenvalue weighted by Gasteiger charge is -2.44. The van der Waals surface area contributed by atoms with E-state index in [1.165, 1.54) is 11.1 Å². The van der Waals surface area contributed by atoms with Crippen LogP contribution in [0.2, 0.25) is 0 Å². The summed E-state index contributed by atoms with van der Waals surface area (Å²) in [7, 11) is 1.97. The van der Waals surface area contributed by atoms with E-state index in [9.17, 15) is 0 Å². The van der Waals surface area contributed by atoms with Gasteiger partial charge in [0.15, 0.2) is 0 Å². The Kier molecular flexibility index (Phi) is 3.83. The summed E-state index contributed by atoms with van der Waals surface area (Å²) in [5.74, 6) is 0. The number of nitrogens with one attached hydrogen (secondary N) is 1. The lowest BCUT2D eigenvalue weighted by molar-refractivity contribution is 0.0880. The minimum absolute atomic E-state index is 0.146. The van der Waals surface area contributed by atoms with E-state index in [-0.39, 0.29) is 5.54 Å². The minimum Gasteiger partial charge on any atom is -0.309 e. The van der Waals surface area contributed by atoms with Gasteiger partial charge in [-0.3, -0.25) is 9.58 Å². The van der Waals surface area contributed by atoms with E-state index in [1.807, 2.05) is 17.9 Å². The van der Waals surface area contributed by atoms with E-state index in [4.69, 9.17) is 0 Å². The van der Waals surface area contributed by atoms with Crippen LogP contribution in [0.5, 0.6) is 0 Å². The highest BCUT2D eigenvalue weighted by Crippen LogP contribution is 2.28. The molecule has 4 heteroatoms. The summed E-state index contributed by atoms with van der Waals surface area (Å²) >= 11 is 0. The van der Waals surface area contributed by atoms with Crippen LogP contribution in [0.15, 0.2) is 42.7 Å². The number of hydrogen-bond donors (Lipinski definition) is 1. The van der Waals surface area contributed by atoms with Gasteiger partial charge in [0.2, 0.25) is 0 Å². The quantitative estimate of drug-likeness (QED) is 0.939. The maximum Gasteiger partial charge on any atom is 0.0534 e. The van der Waals surface area contributed by atoms with Crippen LogP contribution in [0.25, 0.3) is 0 Å². The van der Waals surface area contributed by atoms with Gasteiger partial charge < -0.3 is 5.32 Å². The zero-order valence-electron chi connectivity index (χ0n) is 13.1. The fourth-order valence-corrected chi connectivity index (χ4v) is 3.13. The molecule has 1 unspecified atom stereocenters. The summed E-state index contributed by atoms with van der Waals surface area (Å²) in [6.45, 7) is 7.49. The highest BCUT2D eigenvalue weighted by molar-refractivity contribution is 5.21. The molecule has 0 saturated carbocycles. The summed E-state index contributed by atoms with van der Waals surface area (Å²) in [6, 6.07) is 11.2. The van der Waals surface area contributed by atoms with Gasteiger partial charge in [0, 0.05) is 50.0 Å². The molecule has 1 N–H and O–H groups in total. The van der Waals surface area contributed by atoms with E-state index < -0.39 is 0 Å². The maximum atomic E-state index is 4.29. The standard InChI is InChI=1S/C17H24N4/c1-17(2)13-21(12-14-9-19-20(3)11-14)16(10-18-17)15-7-5-4-6-8-15/h4-9,11,16,18H,10,12-13H2,1-3H3. The van der Waals surface area contributed by atoms with Gasteiger partial charge in [0.1, 0.15) is 0 Å². The third-order valence-electron chi connectivity index (χ3n) is 4.14. The number of benzene rings is 1. The summed E-state index contributed by atoms with van der Waals surface area (Å²) in [5, 5.41) is 7.96. The molecule has 3 rings (SSSR count). The Morgan fingerprint density at radius 1 is 1.29 bits per heavy atom. The van der Waals surface area contributed by atoms with Crippen LogP contribution in [0.1, 0.15) is 31.0 Å². The lowest BCUT2D eigenvalue weighted by atomic mass is 9.94. The Bertz CT molecular complexity index is 588. The van der Waals surface area contributed by atoms with Gasteiger partial charge in [0.25, 0.3) is 0 Å². The first-order chi connectivity index (χ1) is 10.0. The van der Waals surface area contributed by atoms with E-state index in [1.54, 1.807) is 0 Å². The molecule has 1 aromatic carbocycles. The molecule has 0 amide bonds. The third kappa shape index (κ3) is 3.34. The van der Waals surface area contributed by atoms with Crippen molar-refractivity contribution in [3.05, 3.63) is 53.9 Å². The van der Waals surface area contributed by atoms with E-state index in [2.05, 4.69) is 65.7 Å². The number of aromatic nitrogens is 2. The van der Waals surface area contributed by atoms with E-state index in [0.717, 1.165) is 19.6 Å². The van der Waals surface area contributed by atoms with Crippen LogP contribution in [-0.2, 0) is 13.6 Å². The van der Waals surface area contributed by atoms with Gasteiger partial charge in [-0.1, -0.05) is 30.3 Å². The molecule has 4 nitrogen and oxygen atoms in total. The van der Waals surface area contributed by atoms with Gasteiger partial charge >= 0.3 is 0 Å². The van der Waals surface area contributed by atoms with Crippen LogP contribution < -0.4 is 5.32 Å². The number of piperazine rings is 1. The molecule has 0 spiro atoms. The van der Waals surface area contributed by atoms with Gasteiger partial charge in [0.05, 0.1) is 6.20 Å². The summed E-state index contributed by atoms with van der Waals surface area (Å²) in [5.41, 5.74) is 2.80. The molecule has 0 aliphatic carbocycles. The van der Waals surface area contributed by atoms with Crippen molar-refractivity contribution in [3.8, 4) is 0 Å². The molecule has 112 valence electrons. The molecule has 0 radical (unpaired) electrons. The number of hydrogen-bond acceptors (Lipinski definition) is 3. The summed E-state index contributed by atoms with van der Waals surface area (Å²) in [6.07, 6.45) is 4.08.